The second kappa shape index (κ2) is 6.13. The van der Waals surface area contributed by atoms with Crippen LogP contribution in [0.4, 0.5) is 0 Å². The van der Waals surface area contributed by atoms with Crippen molar-refractivity contribution in [2.75, 3.05) is 11.9 Å². The van der Waals surface area contributed by atoms with Crippen LogP contribution < -0.4 is 5.32 Å². The Kier molecular flexibility index (Phi) is 5.12. The van der Waals surface area contributed by atoms with E-state index >= 15 is 0 Å². The van der Waals surface area contributed by atoms with Crippen molar-refractivity contribution >= 4 is 33.4 Å². The molecule has 0 unspecified atom stereocenters. The summed E-state index contributed by atoms with van der Waals surface area (Å²) in [5.74, 6) is -0.0714. The van der Waals surface area contributed by atoms with Gasteiger partial charge in [-0.05, 0) is 31.0 Å². The lowest BCUT2D eigenvalue weighted by Crippen LogP contribution is -2.24. The number of halogens is 2. The third kappa shape index (κ3) is 3.84. The van der Waals surface area contributed by atoms with E-state index < -0.39 is 0 Å². The Hall–Kier alpha value is -0.540. The molecule has 15 heavy (non-hydrogen) atoms. The van der Waals surface area contributed by atoms with Crippen LogP contribution in [0.3, 0.4) is 0 Å². The second-order valence-corrected chi connectivity index (χ2v) is 4.46. The number of carbonyl (C=O) groups excluding carboxylic acids is 1. The van der Waals surface area contributed by atoms with Crippen molar-refractivity contribution in [1.29, 1.82) is 0 Å². The first-order chi connectivity index (χ1) is 7.15. The molecule has 2 nitrogen and oxygen atoms in total. The van der Waals surface area contributed by atoms with Crippen LogP contribution in [0.1, 0.15) is 22.3 Å². The normalized spacial score (nSPS) is 10.1. The van der Waals surface area contributed by atoms with E-state index in [0.717, 1.165) is 17.3 Å². The molecule has 0 aliphatic carbocycles. The first kappa shape index (κ1) is 12.5. The fraction of sp³-hybridized carbons (Fsp3) is 0.364. The molecule has 82 valence electrons. The summed E-state index contributed by atoms with van der Waals surface area (Å²) in [6.45, 7) is 2.59. The molecule has 0 aliphatic rings. The highest BCUT2D eigenvalue weighted by atomic mass is 79.9. The van der Waals surface area contributed by atoms with Crippen LogP contribution in [0.25, 0.3) is 0 Å². The number of hydrogen-bond donors (Lipinski definition) is 1. The summed E-state index contributed by atoms with van der Waals surface area (Å²) >= 11 is 9.24. The lowest BCUT2D eigenvalue weighted by atomic mass is 10.1. The van der Waals surface area contributed by atoms with E-state index in [0.29, 0.717) is 17.1 Å². The first-order valence-corrected chi connectivity index (χ1v) is 6.25. The van der Waals surface area contributed by atoms with Crippen LogP contribution in [-0.2, 0) is 0 Å². The number of benzene rings is 1. The number of nitrogens with one attached hydrogen (secondary N) is 1. The van der Waals surface area contributed by atoms with Crippen LogP contribution >= 0.6 is 27.5 Å². The smallest absolute Gasteiger partial charge is 0.251 e. The molecule has 0 saturated carbocycles. The Bertz CT molecular complexity index is 354. The molecular formula is C11H13BrClNO. The van der Waals surface area contributed by atoms with Gasteiger partial charge in [-0.3, -0.25) is 4.79 Å². The van der Waals surface area contributed by atoms with Crippen LogP contribution in [-0.4, -0.2) is 17.8 Å². The highest BCUT2D eigenvalue weighted by Crippen LogP contribution is 2.16. The van der Waals surface area contributed by atoms with Gasteiger partial charge < -0.3 is 5.32 Å². The van der Waals surface area contributed by atoms with E-state index in [4.69, 9.17) is 11.6 Å². The van der Waals surface area contributed by atoms with Gasteiger partial charge in [-0.2, -0.15) is 0 Å². The molecule has 0 bridgehead atoms. The summed E-state index contributed by atoms with van der Waals surface area (Å²) in [7, 11) is 0. The first-order valence-electron chi connectivity index (χ1n) is 4.75. The standard InChI is InChI=1S/C11H13BrClNO/c1-8-3-4-9(7-10(8)13)11(15)14-6-2-5-12/h3-4,7H,2,5-6H2,1H3,(H,14,15). The maximum atomic E-state index is 11.6. The second-order valence-electron chi connectivity index (χ2n) is 3.26. The van der Waals surface area contributed by atoms with Crippen molar-refractivity contribution in [1.82, 2.24) is 5.32 Å². The van der Waals surface area contributed by atoms with Gasteiger partial charge in [0.05, 0.1) is 0 Å². The lowest BCUT2D eigenvalue weighted by Gasteiger charge is -2.05. The van der Waals surface area contributed by atoms with Crippen molar-refractivity contribution in [3.63, 3.8) is 0 Å². The minimum absolute atomic E-state index is 0.0714. The van der Waals surface area contributed by atoms with Gasteiger partial charge in [0, 0.05) is 22.5 Å². The predicted octanol–water partition coefficient (Wildman–Crippen LogP) is 3.16. The van der Waals surface area contributed by atoms with E-state index in [-0.39, 0.29) is 5.91 Å². The number of rotatable bonds is 4. The molecule has 0 heterocycles. The summed E-state index contributed by atoms with van der Waals surface area (Å²) in [6, 6.07) is 5.33. The SMILES string of the molecule is Cc1ccc(C(=O)NCCCBr)cc1Cl. The Balaban J connectivity index is 2.62. The van der Waals surface area contributed by atoms with Gasteiger partial charge in [-0.25, -0.2) is 0 Å². The molecule has 0 aliphatic heterocycles. The van der Waals surface area contributed by atoms with E-state index in [2.05, 4.69) is 21.2 Å². The molecule has 1 aromatic carbocycles. The minimum Gasteiger partial charge on any atom is -0.352 e. The molecule has 0 saturated heterocycles. The van der Waals surface area contributed by atoms with Gasteiger partial charge in [0.2, 0.25) is 0 Å². The fourth-order valence-corrected chi connectivity index (χ4v) is 1.57. The van der Waals surface area contributed by atoms with Crippen LogP contribution in [0.5, 0.6) is 0 Å². The molecule has 1 amide bonds. The fourth-order valence-electron chi connectivity index (χ4n) is 1.10. The van der Waals surface area contributed by atoms with Gasteiger partial charge >= 0.3 is 0 Å². The third-order valence-electron chi connectivity index (χ3n) is 2.03. The van der Waals surface area contributed by atoms with Crippen molar-refractivity contribution in [3.8, 4) is 0 Å². The van der Waals surface area contributed by atoms with E-state index in [1.54, 1.807) is 12.1 Å². The van der Waals surface area contributed by atoms with Gasteiger partial charge in [-0.1, -0.05) is 33.6 Å². The monoisotopic (exact) mass is 289 g/mol. The summed E-state index contributed by atoms with van der Waals surface area (Å²) in [6.07, 6.45) is 0.922. The minimum atomic E-state index is -0.0714. The lowest BCUT2D eigenvalue weighted by molar-refractivity contribution is 0.0954. The zero-order valence-corrected chi connectivity index (χ0v) is 10.9. The Morgan fingerprint density at radius 3 is 2.87 bits per heavy atom. The molecule has 0 atom stereocenters. The van der Waals surface area contributed by atoms with Crippen molar-refractivity contribution in [3.05, 3.63) is 34.3 Å². The van der Waals surface area contributed by atoms with E-state index in [9.17, 15) is 4.79 Å². The predicted molar refractivity (Wildman–Crippen MR) is 66.9 cm³/mol. The number of hydrogen-bond acceptors (Lipinski definition) is 1. The Labute approximate surface area is 103 Å². The maximum Gasteiger partial charge on any atom is 0.251 e. The van der Waals surface area contributed by atoms with E-state index in [1.165, 1.54) is 0 Å². The highest BCUT2D eigenvalue weighted by Gasteiger charge is 2.05. The highest BCUT2D eigenvalue weighted by molar-refractivity contribution is 9.09. The summed E-state index contributed by atoms with van der Waals surface area (Å²) < 4.78 is 0. The molecule has 1 rings (SSSR count). The van der Waals surface area contributed by atoms with Crippen molar-refractivity contribution in [2.45, 2.75) is 13.3 Å². The molecular weight excluding hydrogens is 277 g/mol. The third-order valence-corrected chi connectivity index (χ3v) is 3.00. The van der Waals surface area contributed by atoms with Crippen LogP contribution in [0, 0.1) is 6.92 Å². The Morgan fingerprint density at radius 1 is 1.53 bits per heavy atom. The van der Waals surface area contributed by atoms with Crippen LogP contribution in [0.15, 0.2) is 18.2 Å². The molecule has 4 heteroatoms. The molecule has 1 aromatic rings. The van der Waals surface area contributed by atoms with Gasteiger partial charge in [0.1, 0.15) is 0 Å². The molecule has 0 aromatic heterocycles. The summed E-state index contributed by atoms with van der Waals surface area (Å²) in [4.78, 5) is 11.6. The maximum absolute atomic E-state index is 11.6. The average molecular weight is 291 g/mol. The zero-order valence-electron chi connectivity index (χ0n) is 8.52. The van der Waals surface area contributed by atoms with Crippen molar-refractivity contribution in [2.24, 2.45) is 0 Å². The molecule has 0 fully saturated rings. The molecule has 0 spiro atoms. The van der Waals surface area contributed by atoms with Crippen LogP contribution in [0.2, 0.25) is 5.02 Å². The number of amides is 1. The summed E-state index contributed by atoms with van der Waals surface area (Å²) in [5.41, 5.74) is 1.59. The molecule has 1 N–H and O–H groups in total. The van der Waals surface area contributed by atoms with E-state index in [1.807, 2.05) is 13.0 Å². The number of alkyl halides is 1. The topological polar surface area (TPSA) is 29.1 Å². The quantitative estimate of drug-likeness (QED) is 0.670. The van der Waals surface area contributed by atoms with Gasteiger partial charge in [0.15, 0.2) is 0 Å². The zero-order chi connectivity index (χ0) is 11.3. The van der Waals surface area contributed by atoms with Gasteiger partial charge in [0.25, 0.3) is 5.91 Å². The number of carbonyl (C=O) groups is 1. The largest absolute Gasteiger partial charge is 0.352 e. The van der Waals surface area contributed by atoms with Crippen molar-refractivity contribution < 1.29 is 4.79 Å². The number of aryl methyl sites for hydroxylation is 1. The summed E-state index contributed by atoms with van der Waals surface area (Å²) in [5, 5.41) is 4.34. The molecule has 0 radical (unpaired) electrons. The Morgan fingerprint density at radius 2 is 2.27 bits per heavy atom. The van der Waals surface area contributed by atoms with Gasteiger partial charge in [-0.15, -0.1) is 0 Å². The average Bonchev–Trinajstić information content (AvgIpc) is 2.22.